The average molecular weight is 262 g/mol. The second-order valence-electron chi connectivity index (χ2n) is 5.87. The van der Waals surface area contributed by atoms with Crippen molar-refractivity contribution in [3.8, 4) is 0 Å². The van der Waals surface area contributed by atoms with Gasteiger partial charge in [-0.25, -0.2) is 9.97 Å². The summed E-state index contributed by atoms with van der Waals surface area (Å²) < 4.78 is 0. The predicted octanol–water partition coefficient (Wildman–Crippen LogP) is 1.28. The number of rotatable bonds is 3. The Kier molecular flexibility index (Phi) is 3.85. The molecule has 1 aromatic heterocycles. The molecule has 0 aromatic carbocycles. The zero-order valence-corrected chi connectivity index (χ0v) is 12.1. The van der Waals surface area contributed by atoms with Crippen LogP contribution in [0.15, 0.2) is 18.7 Å². The molecule has 5 heteroatoms. The topological polar surface area (TPSA) is 49.3 Å². The lowest BCUT2D eigenvalue weighted by atomic mass is 9.88. The summed E-state index contributed by atoms with van der Waals surface area (Å²) in [5.74, 6) is 0.488. The van der Waals surface area contributed by atoms with Crippen LogP contribution in [0.25, 0.3) is 0 Å². The van der Waals surface area contributed by atoms with E-state index in [2.05, 4.69) is 35.8 Å². The first-order chi connectivity index (χ1) is 8.93. The van der Waals surface area contributed by atoms with Crippen LogP contribution in [0.5, 0.6) is 0 Å². The molecule has 1 aromatic rings. The molecule has 1 amide bonds. The maximum Gasteiger partial charge on any atom is 0.256 e. The maximum atomic E-state index is 12.3. The van der Waals surface area contributed by atoms with Gasteiger partial charge in [0.15, 0.2) is 0 Å². The molecule has 2 heterocycles. The molecule has 5 nitrogen and oxygen atoms in total. The molecule has 0 bridgehead atoms. The van der Waals surface area contributed by atoms with E-state index < -0.39 is 0 Å². The monoisotopic (exact) mass is 262 g/mol. The SMILES string of the molecule is CN(C[C@H]1CCN(C)C1(C)C)C(=O)c1cncnc1. The van der Waals surface area contributed by atoms with Gasteiger partial charge in [-0.3, -0.25) is 4.79 Å². The second-order valence-corrected chi connectivity index (χ2v) is 5.87. The van der Waals surface area contributed by atoms with Crippen LogP contribution in [0.2, 0.25) is 0 Å². The van der Waals surface area contributed by atoms with Crippen molar-refractivity contribution in [3.05, 3.63) is 24.3 Å². The van der Waals surface area contributed by atoms with E-state index in [1.807, 2.05) is 7.05 Å². The number of carbonyl (C=O) groups is 1. The molecule has 19 heavy (non-hydrogen) atoms. The van der Waals surface area contributed by atoms with Crippen molar-refractivity contribution in [2.45, 2.75) is 25.8 Å². The molecule has 2 rings (SSSR count). The molecule has 0 unspecified atom stereocenters. The van der Waals surface area contributed by atoms with Gasteiger partial charge in [-0.05, 0) is 39.8 Å². The van der Waals surface area contributed by atoms with E-state index in [-0.39, 0.29) is 11.4 Å². The number of nitrogens with zero attached hydrogens (tertiary/aromatic N) is 4. The zero-order valence-electron chi connectivity index (χ0n) is 12.1. The molecule has 0 radical (unpaired) electrons. The van der Waals surface area contributed by atoms with Crippen molar-refractivity contribution in [3.63, 3.8) is 0 Å². The van der Waals surface area contributed by atoms with Gasteiger partial charge in [-0.2, -0.15) is 0 Å². The van der Waals surface area contributed by atoms with Crippen LogP contribution in [0.3, 0.4) is 0 Å². The van der Waals surface area contributed by atoms with Crippen molar-refractivity contribution >= 4 is 5.91 Å². The second kappa shape index (κ2) is 5.25. The molecule has 1 saturated heterocycles. The van der Waals surface area contributed by atoms with E-state index in [0.29, 0.717) is 11.5 Å². The Bertz CT molecular complexity index is 446. The number of carbonyl (C=O) groups excluding carboxylic acids is 1. The van der Waals surface area contributed by atoms with Crippen molar-refractivity contribution in [2.75, 3.05) is 27.2 Å². The van der Waals surface area contributed by atoms with Gasteiger partial charge in [-0.1, -0.05) is 0 Å². The highest BCUT2D eigenvalue weighted by Gasteiger charge is 2.39. The van der Waals surface area contributed by atoms with Gasteiger partial charge < -0.3 is 9.80 Å². The molecule has 1 aliphatic heterocycles. The predicted molar refractivity (Wildman–Crippen MR) is 73.8 cm³/mol. The highest BCUT2D eigenvalue weighted by molar-refractivity contribution is 5.93. The third-order valence-corrected chi connectivity index (χ3v) is 4.44. The first kappa shape index (κ1) is 13.9. The maximum absolute atomic E-state index is 12.3. The minimum atomic E-state index is -0.00838. The molecule has 1 aliphatic rings. The van der Waals surface area contributed by atoms with Gasteiger partial charge >= 0.3 is 0 Å². The summed E-state index contributed by atoms with van der Waals surface area (Å²) in [5.41, 5.74) is 0.691. The highest BCUT2D eigenvalue weighted by atomic mass is 16.2. The van der Waals surface area contributed by atoms with Gasteiger partial charge in [0, 0.05) is 31.5 Å². The Balaban J connectivity index is 2.02. The lowest BCUT2D eigenvalue weighted by molar-refractivity contribution is 0.0728. The Hall–Kier alpha value is -1.49. The molecule has 0 aliphatic carbocycles. The summed E-state index contributed by atoms with van der Waals surface area (Å²) in [7, 11) is 4.00. The number of likely N-dealkylation sites (tertiary alicyclic amines) is 1. The van der Waals surface area contributed by atoms with Crippen molar-refractivity contribution in [2.24, 2.45) is 5.92 Å². The summed E-state index contributed by atoms with van der Waals surface area (Å²) in [6, 6.07) is 0. The van der Waals surface area contributed by atoms with Gasteiger partial charge in [-0.15, -0.1) is 0 Å². The van der Waals surface area contributed by atoms with E-state index in [0.717, 1.165) is 19.5 Å². The van der Waals surface area contributed by atoms with Crippen molar-refractivity contribution in [1.29, 1.82) is 0 Å². The van der Waals surface area contributed by atoms with E-state index in [1.54, 1.807) is 17.3 Å². The molecule has 0 N–H and O–H groups in total. The summed E-state index contributed by atoms with van der Waals surface area (Å²) in [4.78, 5) is 24.2. The minimum Gasteiger partial charge on any atom is -0.341 e. The summed E-state index contributed by atoms with van der Waals surface area (Å²) in [5, 5.41) is 0. The number of amides is 1. The fourth-order valence-corrected chi connectivity index (χ4v) is 2.66. The molecule has 1 atom stereocenters. The molecule has 0 spiro atoms. The molecular weight excluding hydrogens is 240 g/mol. The molecule has 1 fully saturated rings. The fraction of sp³-hybridized carbons (Fsp3) is 0.643. The number of hydrogen-bond donors (Lipinski definition) is 0. The normalized spacial score (nSPS) is 22.4. The van der Waals surface area contributed by atoms with E-state index >= 15 is 0 Å². The van der Waals surface area contributed by atoms with E-state index in [1.165, 1.54) is 6.33 Å². The van der Waals surface area contributed by atoms with Crippen LogP contribution >= 0.6 is 0 Å². The Morgan fingerprint density at radius 3 is 2.63 bits per heavy atom. The quantitative estimate of drug-likeness (QED) is 0.823. The molecule has 0 saturated carbocycles. The van der Waals surface area contributed by atoms with Crippen LogP contribution < -0.4 is 0 Å². The summed E-state index contributed by atoms with van der Waals surface area (Å²) >= 11 is 0. The van der Waals surface area contributed by atoms with Crippen LogP contribution in [0.4, 0.5) is 0 Å². The number of hydrogen-bond acceptors (Lipinski definition) is 4. The van der Waals surface area contributed by atoms with Gasteiger partial charge in [0.1, 0.15) is 6.33 Å². The van der Waals surface area contributed by atoms with Gasteiger partial charge in [0.25, 0.3) is 5.91 Å². The van der Waals surface area contributed by atoms with Gasteiger partial charge in [0.2, 0.25) is 0 Å². The lowest BCUT2D eigenvalue weighted by Crippen LogP contribution is -2.44. The highest BCUT2D eigenvalue weighted by Crippen LogP contribution is 2.33. The zero-order chi connectivity index (χ0) is 14.0. The Morgan fingerprint density at radius 1 is 1.47 bits per heavy atom. The smallest absolute Gasteiger partial charge is 0.256 e. The lowest BCUT2D eigenvalue weighted by Gasteiger charge is -2.35. The third-order valence-electron chi connectivity index (χ3n) is 4.44. The largest absolute Gasteiger partial charge is 0.341 e. The van der Waals surface area contributed by atoms with E-state index in [4.69, 9.17) is 0 Å². The Labute approximate surface area is 114 Å². The van der Waals surface area contributed by atoms with Crippen molar-refractivity contribution in [1.82, 2.24) is 19.8 Å². The average Bonchev–Trinajstić information content (AvgIpc) is 2.65. The third kappa shape index (κ3) is 2.76. The Morgan fingerprint density at radius 2 is 2.11 bits per heavy atom. The minimum absolute atomic E-state index is 0.00838. The van der Waals surface area contributed by atoms with Crippen LogP contribution in [0.1, 0.15) is 30.6 Å². The van der Waals surface area contributed by atoms with Gasteiger partial charge in [0.05, 0.1) is 5.56 Å². The first-order valence-corrected chi connectivity index (χ1v) is 6.64. The summed E-state index contributed by atoms with van der Waals surface area (Å²) in [6.07, 6.45) is 5.70. The molecule has 104 valence electrons. The van der Waals surface area contributed by atoms with Crippen molar-refractivity contribution < 1.29 is 4.79 Å². The first-order valence-electron chi connectivity index (χ1n) is 6.64. The fourth-order valence-electron chi connectivity index (χ4n) is 2.66. The standard InChI is InChI=1S/C14H22N4O/c1-14(2)12(5-6-18(14)4)9-17(3)13(19)11-7-15-10-16-8-11/h7-8,10,12H,5-6,9H2,1-4H3/t12-/m1/s1. The summed E-state index contributed by atoms with van der Waals surface area (Å²) in [6.45, 7) is 6.35. The number of aromatic nitrogens is 2. The van der Waals surface area contributed by atoms with Crippen LogP contribution in [-0.2, 0) is 0 Å². The van der Waals surface area contributed by atoms with Crippen LogP contribution in [-0.4, -0.2) is 58.4 Å². The van der Waals surface area contributed by atoms with E-state index in [9.17, 15) is 4.79 Å². The molecular formula is C14H22N4O. The van der Waals surface area contributed by atoms with Crippen LogP contribution in [0, 0.1) is 5.92 Å².